The minimum Gasteiger partial charge on any atom is -0.455 e. The molecule has 11 heteroatoms. The van der Waals surface area contributed by atoms with Gasteiger partial charge < -0.3 is 15.1 Å². The molecule has 5 rings (SSSR count). The minimum atomic E-state index is -0.409. The number of furan rings is 1. The maximum atomic E-state index is 11.1. The Morgan fingerprint density at radius 1 is 0.816 bits per heavy atom. The molecule has 2 aromatic heterocycles. The third kappa shape index (κ3) is 5.97. The van der Waals surface area contributed by atoms with Gasteiger partial charge in [-0.2, -0.15) is 20.1 Å². The summed E-state index contributed by atoms with van der Waals surface area (Å²) >= 11 is 0. The molecule has 5 aromatic rings. The standard InChI is InChI=1S/C27H22N8O3/c1-18-16-19(12-14-23(18)35(36)37)24-15-13-22(38-24)17-28-34-27-32-25(29-20-8-4-2-5-9-20)31-26(33-27)30-21-10-6-3-7-11-21/h2-17H,1H3,(H3,29,30,31,32,33,34)/b28-17+. The van der Waals surface area contributed by atoms with Crippen LogP contribution in [0.15, 0.2) is 101 Å². The molecule has 0 saturated carbocycles. The Kier molecular flexibility index (Phi) is 6.98. The van der Waals surface area contributed by atoms with Gasteiger partial charge in [0.25, 0.3) is 5.69 Å². The lowest BCUT2D eigenvalue weighted by Crippen LogP contribution is -2.07. The monoisotopic (exact) mass is 506 g/mol. The summed E-state index contributed by atoms with van der Waals surface area (Å²) in [6.45, 7) is 1.69. The summed E-state index contributed by atoms with van der Waals surface area (Å²) in [6.07, 6.45) is 1.49. The normalized spacial score (nSPS) is 10.9. The number of nitrogens with one attached hydrogen (secondary N) is 3. The molecule has 0 atom stereocenters. The molecule has 0 unspecified atom stereocenters. The average Bonchev–Trinajstić information content (AvgIpc) is 3.38. The van der Waals surface area contributed by atoms with Gasteiger partial charge in [-0.15, -0.1) is 0 Å². The van der Waals surface area contributed by atoms with Crippen molar-refractivity contribution in [3.63, 3.8) is 0 Å². The van der Waals surface area contributed by atoms with Crippen molar-refractivity contribution >= 4 is 41.1 Å². The van der Waals surface area contributed by atoms with E-state index in [9.17, 15) is 10.1 Å². The predicted molar refractivity (Wildman–Crippen MR) is 146 cm³/mol. The maximum absolute atomic E-state index is 11.1. The molecule has 0 bridgehead atoms. The number of nitro groups is 1. The molecule has 2 heterocycles. The summed E-state index contributed by atoms with van der Waals surface area (Å²) in [6, 6.07) is 27.4. The summed E-state index contributed by atoms with van der Waals surface area (Å²) in [5.74, 6) is 1.91. The summed E-state index contributed by atoms with van der Waals surface area (Å²) in [4.78, 5) is 23.9. The third-order valence-corrected chi connectivity index (χ3v) is 5.36. The van der Waals surface area contributed by atoms with Crippen molar-refractivity contribution in [3.8, 4) is 11.3 Å². The fourth-order valence-corrected chi connectivity index (χ4v) is 3.58. The maximum Gasteiger partial charge on any atom is 0.272 e. The molecule has 0 saturated heterocycles. The van der Waals surface area contributed by atoms with Crippen molar-refractivity contribution in [1.29, 1.82) is 0 Å². The van der Waals surface area contributed by atoms with Gasteiger partial charge in [0.05, 0.1) is 11.1 Å². The first-order valence-electron chi connectivity index (χ1n) is 11.6. The zero-order chi connectivity index (χ0) is 26.3. The first-order valence-corrected chi connectivity index (χ1v) is 11.6. The van der Waals surface area contributed by atoms with Crippen molar-refractivity contribution in [2.75, 3.05) is 16.1 Å². The van der Waals surface area contributed by atoms with Crippen LogP contribution in [0.25, 0.3) is 11.3 Å². The van der Waals surface area contributed by atoms with E-state index in [1.54, 1.807) is 31.2 Å². The van der Waals surface area contributed by atoms with Gasteiger partial charge in [-0.1, -0.05) is 36.4 Å². The SMILES string of the molecule is Cc1cc(-c2ccc(/C=N/Nc3nc(Nc4ccccc4)nc(Nc4ccccc4)n3)o2)ccc1[N+](=O)[O-]. The van der Waals surface area contributed by atoms with Crippen LogP contribution < -0.4 is 16.1 Å². The number of hydrazone groups is 1. The Morgan fingerprint density at radius 2 is 1.42 bits per heavy atom. The van der Waals surface area contributed by atoms with E-state index in [0.717, 1.165) is 16.9 Å². The van der Waals surface area contributed by atoms with Crippen LogP contribution in [0.1, 0.15) is 11.3 Å². The van der Waals surface area contributed by atoms with Crippen molar-refractivity contribution in [3.05, 3.63) is 112 Å². The van der Waals surface area contributed by atoms with E-state index in [1.165, 1.54) is 12.3 Å². The Bertz CT molecular complexity index is 1530. The van der Waals surface area contributed by atoms with Gasteiger partial charge in [0.2, 0.25) is 17.8 Å². The van der Waals surface area contributed by atoms with Gasteiger partial charge in [0.15, 0.2) is 0 Å². The molecule has 3 N–H and O–H groups in total. The fraction of sp³-hybridized carbons (Fsp3) is 0.0370. The van der Waals surface area contributed by atoms with Crippen LogP contribution >= 0.6 is 0 Å². The van der Waals surface area contributed by atoms with Crippen molar-refractivity contribution in [2.45, 2.75) is 6.92 Å². The van der Waals surface area contributed by atoms with Crippen LogP contribution in [-0.2, 0) is 0 Å². The number of aromatic nitrogens is 3. The second-order valence-corrected chi connectivity index (χ2v) is 8.12. The highest BCUT2D eigenvalue weighted by Gasteiger charge is 2.13. The Morgan fingerprint density at radius 3 is 2.00 bits per heavy atom. The van der Waals surface area contributed by atoms with Crippen molar-refractivity contribution in [1.82, 2.24) is 15.0 Å². The Hall–Kier alpha value is -5.58. The number of nitrogens with zero attached hydrogens (tertiary/aromatic N) is 5. The molecule has 0 aliphatic carbocycles. The highest BCUT2D eigenvalue weighted by molar-refractivity contribution is 5.78. The number of rotatable bonds is 9. The summed E-state index contributed by atoms with van der Waals surface area (Å²) in [7, 11) is 0. The van der Waals surface area contributed by atoms with E-state index < -0.39 is 4.92 Å². The molecule has 0 aliphatic rings. The first kappa shape index (κ1) is 24.1. The largest absolute Gasteiger partial charge is 0.455 e. The topological polar surface area (TPSA) is 143 Å². The molecule has 0 fully saturated rings. The third-order valence-electron chi connectivity index (χ3n) is 5.36. The van der Waals surface area contributed by atoms with Gasteiger partial charge in [-0.25, -0.2) is 5.43 Å². The Labute approximate surface area is 217 Å². The number of hydrogen-bond acceptors (Lipinski definition) is 10. The zero-order valence-electron chi connectivity index (χ0n) is 20.2. The molecule has 0 radical (unpaired) electrons. The molecule has 38 heavy (non-hydrogen) atoms. The van der Waals surface area contributed by atoms with Gasteiger partial charge in [0.1, 0.15) is 11.5 Å². The second-order valence-electron chi connectivity index (χ2n) is 8.12. The highest BCUT2D eigenvalue weighted by Crippen LogP contribution is 2.27. The number of hydrogen-bond donors (Lipinski definition) is 3. The molecule has 11 nitrogen and oxygen atoms in total. The summed E-state index contributed by atoms with van der Waals surface area (Å²) in [5, 5.41) is 21.6. The molecular formula is C27H22N8O3. The van der Waals surface area contributed by atoms with E-state index in [0.29, 0.717) is 29.0 Å². The Balaban J connectivity index is 1.33. The second kappa shape index (κ2) is 11.0. The quantitative estimate of drug-likeness (QED) is 0.119. The van der Waals surface area contributed by atoms with Crippen molar-refractivity contribution < 1.29 is 9.34 Å². The van der Waals surface area contributed by atoms with Crippen LogP contribution in [0, 0.1) is 17.0 Å². The van der Waals surface area contributed by atoms with Crippen LogP contribution in [0.5, 0.6) is 0 Å². The van der Waals surface area contributed by atoms with Crippen molar-refractivity contribution in [2.24, 2.45) is 5.10 Å². The van der Waals surface area contributed by atoms with Gasteiger partial charge in [0, 0.05) is 28.6 Å². The van der Waals surface area contributed by atoms with Gasteiger partial charge in [-0.3, -0.25) is 10.1 Å². The number of nitro benzene ring substituents is 1. The van der Waals surface area contributed by atoms with E-state index in [-0.39, 0.29) is 11.6 Å². The molecule has 0 aliphatic heterocycles. The summed E-state index contributed by atoms with van der Waals surface area (Å²) < 4.78 is 5.83. The highest BCUT2D eigenvalue weighted by atomic mass is 16.6. The van der Waals surface area contributed by atoms with E-state index in [1.807, 2.05) is 60.7 Å². The first-order chi connectivity index (χ1) is 18.5. The average molecular weight is 507 g/mol. The van der Waals surface area contributed by atoms with Crippen LogP contribution in [0.4, 0.5) is 34.9 Å². The van der Waals surface area contributed by atoms with Gasteiger partial charge in [-0.05, 0) is 55.5 Å². The lowest BCUT2D eigenvalue weighted by atomic mass is 10.1. The smallest absolute Gasteiger partial charge is 0.272 e. The lowest BCUT2D eigenvalue weighted by molar-refractivity contribution is -0.385. The number of para-hydroxylation sites is 2. The predicted octanol–water partition coefficient (Wildman–Crippen LogP) is 6.28. The van der Waals surface area contributed by atoms with Crippen LogP contribution in [-0.4, -0.2) is 26.1 Å². The molecular weight excluding hydrogens is 484 g/mol. The number of anilines is 5. The molecule has 0 amide bonds. The lowest BCUT2D eigenvalue weighted by Gasteiger charge is -2.10. The van der Waals surface area contributed by atoms with E-state index >= 15 is 0 Å². The zero-order valence-corrected chi connectivity index (χ0v) is 20.2. The van der Waals surface area contributed by atoms with Gasteiger partial charge >= 0.3 is 0 Å². The summed E-state index contributed by atoms with van der Waals surface area (Å²) in [5.41, 5.74) is 5.80. The fourth-order valence-electron chi connectivity index (χ4n) is 3.58. The van der Waals surface area contributed by atoms with Crippen LogP contribution in [0.3, 0.4) is 0 Å². The number of benzene rings is 3. The van der Waals surface area contributed by atoms with Crippen LogP contribution in [0.2, 0.25) is 0 Å². The molecule has 0 spiro atoms. The minimum absolute atomic E-state index is 0.0610. The molecule has 188 valence electrons. The number of aryl methyl sites for hydroxylation is 1. The molecule has 3 aromatic carbocycles. The van der Waals surface area contributed by atoms with E-state index in [4.69, 9.17) is 4.42 Å². The van der Waals surface area contributed by atoms with E-state index in [2.05, 4.69) is 36.1 Å².